The summed E-state index contributed by atoms with van der Waals surface area (Å²) in [5.74, 6) is -1.64. The largest absolute Gasteiger partial charge is 0.497 e. The molecular weight excluding hydrogens is 1400 g/mol. The van der Waals surface area contributed by atoms with E-state index in [2.05, 4.69) is 33.6 Å². The number of benzene rings is 5. The highest BCUT2D eigenvalue weighted by Gasteiger charge is 2.56. The first-order valence-electron chi connectivity index (χ1n) is 38.4. The number of hydrogen-bond acceptors (Lipinski definition) is 18. The van der Waals surface area contributed by atoms with Gasteiger partial charge in [-0.05, 0) is 77.7 Å². The molecule has 0 aliphatic carbocycles. The van der Waals surface area contributed by atoms with Crippen molar-refractivity contribution in [2.75, 3.05) is 58.8 Å². The van der Waals surface area contributed by atoms with Gasteiger partial charge in [0.2, 0.25) is 11.8 Å². The zero-order valence-corrected chi connectivity index (χ0v) is 65.2. The Bertz CT molecular complexity index is 4330. The number of amides is 4. The zero-order chi connectivity index (χ0) is 77.5. The average molecular weight is 1510 g/mol. The molecule has 0 radical (unpaired) electrons. The van der Waals surface area contributed by atoms with Gasteiger partial charge in [0.25, 0.3) is 11.8 Å². The SMILES string of the molecule is CCCCCCCCCCCCCCCCC(=O)N(C[C@H]1O[C@@H](n2ccc(NC(=O)c3ccccc3)nc2=O)[C@H](OC)[C@@H]1N(CCC#N)P(=O)(C(C)C)C(C)C)C(=O)C[C@H]1[C@@H](OC)[C@H](n2cnc3c(NC(=O)c4ccccc4)ncnc32)O[C@@H]1COC(c1ccccc1)(c1ccc(OC)cc1)c1ccc(OC)cc1. The minimum atomic E-state index is -3.59. The Hall–Kier alpha value is -9.31. The highest BCUT2D eigenvalue weighted by molar-refractivity contribution is 7.62. The van der Waals surface area contributed by atoms with Gasteiger partial charge in [0.05, 0.1) is 58.0 Å². The lowest BCUT2D eigenvalue weighted by Crippen LogP contribution is -2.53. The highest BCUT2D eigenvalue weighted by Crippen LogP contribution is 2.61. The number of imidazole rings is 1. The van der Waals surface area contributed by atoms with Crippen LogP contribution in [0.25, 0.3) is 11.2 Å². The number of methoxy groups -OCH3 is 4. The van der Waals surface area contributed by atoms with Crippen LogP contribution in [0.15, 0.2) is 169 Å². The van der Waals surface area contributed by atoms with Crippen molar-refractivity contribution in [2.45, 2.75) is 204 Å². The summed E-state index contributed by atoms with van der Waals surface area (Å²) in [6, 6.07) is 44.8. The second kappa shape index (κ2) is 39.9. The molecule has 24 nitrogen and oxygen atoms in total. The third-order valence-electron chi connectivity index (χ3n) is 21.1. The van der Waals surface area contributed by atoms with Gasteiger partial charge < -0.3 is 48.4 Å². The van der Waals surface area contributed by atoms with Crippen molar-refractivity contribution in [3.63, 3.8) is 0 Å². The number of hydrogen-bond donors (Lipinski definition) is 2. The summed E-state index contributed by atoms with van der Waals surface area (Å²) in [5, 5.41) is 16.0. The molecule has 8 aromatic rings. The van der Waals surface area contributed by atoms with Crippen molar-refractivity contribution in [1.29, 1.82) is 5.26 Å². The van der Waals surface area contributed by atoms with Crippen molar-refractivity contribution < 1.29 is 56.9 Å². The second-order valence-corrected chi connectivity index (χ2v) is 32.5. The summed E-state index contributed by atoms with van der Waals surface area (Å²) in [6.07, 6.45) is 12.3. The minimum Gasteiger partial charge on any atom is -0.497 e. The lowest BCUT2D eigenvalue weighted by molar-refractivity contribution is -0.149. The normalized spacial score (nSPS) is 18.6. The molecule has 8 atom stereocenters. The van der Waals surface area contributed by atoms with Crippen LogP contribution in [0, 0.1) is 17.2 Å². The van der Waals surface area contributed by atoms with Crippen LogP contribution in [0.4, 0.5) is 11.6 Å². The van der Waals surface area contributed by atoms with E-state index in [1.807, 2.05) is 113 Å². The summed E-state index contributed by atoms with van der Waals surface area (Å²) in [5.41, 5.74) is 0.295. The van der Waals surface area contributed by atoms with Gasteiger partial charge in [0, 0.05) is 74.6 Å². The molecule has 25 heteroatoms. The van der Waals surface area contributed by atoms with E-state index >= 15 is 14.2 Å². The van der Waals surface area contributed by atoms with Crippen LogP contribution in [0.1, 0.15) is 194 Å². The average Bonchev–Trinajstić information content (AvgIpc) is 1.65. The fraction of sp³-hybridized carbons (Fsp3) is 0.476. The lowest BCUT2D eigenvalue weighted by Gasteiger charge is -2.44. The molecule has 5 aromatic carbocycles. The standard InChI is InChI=1S/C84H106N11O13P/c1-10-11-12-13-14-15-16-17-18-19-20-21-22-32-40-71(96)93(54-68-74(95(51-33-50-85)109(101,58(2)3)59(4)5)76(105-9)82(107-68)92-52-49-70(90-83(92)100)89-79(98)60-34-26-23-27-35-60)72(97)53-67-69(108-81(75(67)104-8)94-57-88-73-77(86-56-87-78(73)94)91-80(99)61-36-28-24-29-37-61)55-106-84(62-38-30-25-31-39-62,63-41-45-65(102-6)46-42-63)64-43-47-66(103-7)48-44-64/h23-31,34-39,41-49,52,56-59,67-69,74-76,81-82H,10-22,32-33,40,51,53-55H2,1-9H3,(H,86,87,91,99)(H,89,90,98,100)/t67-,68-,69-,74-,75-,76-,81-,82-/m1/s1. The molecule has 5 heterocycles. The molecule has 2 aliphatic heterocycles. The number of rotatable bonds is 41. The van der Waals surface area contributed by atoms with E-state index in [0.29, 0.717) is 29.0 Å². The Labute approximate surface area is 640 Å². The number of carbonyl (C=O) groups is 4. The molecule has 2 saturated heterocycles. The smallest absolute Gasteiger partial charge is 0.351 e. The molecule has 2 N–H and O–H groups in total. The van der Waals surface area contributed by atoms with Gasteiger partial charge >= 0.3 is 5.69 Å². The lowest BCUT2D eigenvalue weighted by atomic mass is 9.79. The third kappa shape index (κ3) is 19.6. The van der Waals surface area contributed by atoms with Crippen LogP contribution in [-0.4, -0.2) is 152 Å². The zero-order valence-electron chi connectivity index (χ0n) is 64.3. The van der Waals surface area contributed by atoms with Gasteiger partial charge in [-0.2, -0.15) is 10.2 Å². The predicted molar refractivity (Wildman–Crippen MR) is 419 cm³/mol. The number of ether oxygens (including phenoxy) is 7. The fourth-order valence-corrected chi connectivity index (χ4v) is 18.8. The van der Waals surface area contributed by atoms with E-state index in [4.69, 9.17) is 43.1 Å². The summed E-state index contributed by atoms with van der Waals surface area (Å²) in [7, 11) is 2.57. The molecule has 10 rings (SSSR count). The molecule has 0 saturated carbocycles. The number of nitrogens with one attached hydrogen (secondary N) is 2. The van der Waals surface area contributed by atoms with Crippen molar-refractivity contribution >= 4 is 53.7 Å². The Morgan fingerprint density at radius 2 is 1.13 bits per heavy atom. The number of unbranched alkanes of at least 4 members (excludes halogenated alkanes) is 13. The Morgan fingerprint density at radius 1 is 0.615 bits per heavy atom. The Balaban J connectivity index is 1.05. The quantitative estimate of drug-likeness (QED) is 0.0204. The van der Waals surface area contributed by atoms with E-state index in [-0.39, 0.29) is 55.2 Å². The maximum absolute atomic E-state index is 16.5. The van der Waals surface area contributed by atoms with Gasteiger partial charge in [-0.3, -0.25) is 33.2 Å². The van der Waals surface area contributed by atoms with E-state index in [1.165, 1.54) is 100.0 Å². The summed E-state index contributed by atoms with van der Waals surface area (Å²) in [6.45, 7) is 9.03. The molecule has 0 unspecified atom stereocenters. The molecule has 580 valence electrons. The van der Waals surface area contributed by atoms with E-state index in [1.54, 1.807) is 78.1 Å². The third-order valence-corrected chi connectivity index (χ3v) is 25.3. The fourth-order valence-electron chi connectivity index (χ4n) is 15.4. The number of aromatic nitrogens is 6. The molecule has 3 aromatic heterocycles. The number of imide groups is 1. The number of carbonyl (C=O) groups excluding carboxylic acids is 4. The van der Waals surface area contributed by atoms with Crippen molar-refractivity contribution in [3.05, 3.63) is 203 Å². The van der Waals surface area contributed by atoms with E-state index in [0.717, 1.165) is 48.8 Å². The van der Waals surface area contributed by atoms with Gasteiger partial charge in [-0.25, -0.2) is 24.4 Å². The highest BCUT2D eigenvalue weighted by atomic mass is 31.2. The molecular formula is C84H106N11O13P. The van der Waals surface area contributed by atoms with Gasteiger partial charge in [-0.15, -0.1) is 0 Å². The van der Waals surface area contributed by atoms with Gasteiger partial charge in [-0.1, -0.05) is 209 Å². The molecule has 0 spiro atoms. The number of nitrogens with zero attached hydrogens (tertiary/aromatic N) is 9. The van der Waals surface area contributed by atoms with Gasteiger partial charge in [0.15, 0.2) is 36.7 Å². The predicted octanol–water partition coefficient (Wildman–Crippen LogP) is 15.4. The van der Waals surface area contributed by atoms with Crippen LogP contribution < -0.4 is 25.8 Å². The molecule has 2 aliphatic rings. The topological polar surface area (TPSA) is 283 Å². The second-order valence-electron chi connectivity index (χ2n) is 28.6. The Morgan fingerprint density at radius 3 is 1.65 bits per heavy atom. The molecule has 4 amide bonds. The van der Waals surface area contributed by atoms with Crippen molar-refractivity contribution in [1.82, 2.24) is 38.6 Å². The van der Waals surface area contributed by atoms with Crippen LogP contribution >= 0.6 is 7.29 Å². The molecule has 0 bridgehead atoms. The first-order chi connectivity index (χ1) is 52.9. The monoisotopic (exact) mass is 1510 g/mol. The minimum absolute atomic E-state index is 0.0238. The van der Waals surface area contributed by atoms with Crippen LogP contribution in [0.2, 0.25) is 0 Å². The van der Waals surface area contributed by atoms with Crippen LogP contribution in [-0.2, 0) is 43.4 Å². The van der Waals surface area contributed by atoms with E-state index in [9.17, 15) is 19.6 Å². The number of fused-ring (bicyclic) bond motifs is 1. The van der Waals surface area contributed by atoms with Crippen LogP contribution in [0.5, 0.6) is 11.5 Å². The van der Waals surface area contributed by atoms with Gasteiger partial charge in [0.1, 0.15) is 41.5 Å². The van der Waals surface area contributed by atoms with Crippen molar-refractivity contribution in [2.24, 2.45) is 5.92 Å². The molecule has 109 heavy (non-hydrogen) atoms. The first-order valence-corrected chi connectivity index (χ1v) is 40.1. The maximum atomic E-state index is 16.5. The van der Waals surface area contributed by atoms with Crippen molar-refractivity contribution in [3.8, 4) is 17.6 Å². The summed E-state index contributed by atoms with van der Waals surface area (Å²) in [4.78, 5) is 93.4. The summed E-state index contributed by atoms with van der Waals surface area (Å²) >= 11 is 0. The van der Waals surface area contributed by atoms with E-state index < -0.39 is 109 Å². The maximum Gasteiger partial charge on any atom is 0.351 e. The van der Waals surface area contributed by atoms with Crippen LogP contribution in [0.3, 0.4) is 0 Å². The first kappa shape index (κ1) is 82.2. The molecule has 2 fully saturated rings. The number of anilines is 2. The number of nitriles is 1. The Kier molecular flexibility index (Phi) is 30.1. The summed E-state index contributed by atoms with van der Waals surface area (Å²) < 4.78 is 67.3.